The fourth-order valence-electron chi connectivity index (χ4n) is 5.70. The minimum Gasteiger partial charge on any atom is -0.449 e. The zero-order valence-corrected chi connectivity index (χ0v) is 22.6. The van der Waals surface area contributed by atoms with Gasteiger partial charge in [0.1, 0.15) is 21.5 Å². The third-order valence-electron chi connectivity index (χ3n) is 8.02. The molecule has 2 fully saturated rings. The van der Waals surface area contributed by atoms with E-state index in [4.69, 9.17) is 4.74 Å². The molecule has 2 aliphatic rings. The molecule has 2 saturated heterocycles. The lowest BCUT2D eigenvalue weighted by Gasteiger charge is -2.44. The summed E-state index contributed by atoms with van der Waals surface area (Å²) >= 11 is 0. The third-order valence-corrected chi connectivity index (χ3v) is 8.02. The van der Waals surface area contributed by atoms with Gasteiger partial charge in [0.2, 0.25) is 0 Å². The largest absolute Gasteiger partial charge is 0.449 e. The van der Waals surface area contributed by atoms with E-state index < -0.39 is 11.9 Å². The number of halogens is 3. The molecule has 0 saturated carbocycles. The van der Waals surface area contributed by atoms with E-state index >= 15 is 0 Å². The monoisotopic (exact) mass is 529 g/mol. The number of rotatable bonds is 6. The van der Waals surface area contributed by atoms with Crippen LogP contribution in [-0.4, -0.2) is 86.4 Å². The smallest absolute Gasteiger partial charge is 0.434 e. The zero-order valence-electron chi connectivity index (χ0n) is 22.6. The zero-order chi connectivity index (χ0) is 27.5. The topological polar surface area (TPSA) is 61.8 Å². The van der Waals surface area contributed by atoms with Crippen LogP contribution in [0.3, 0.4) is 0 Å². The average molecular weight is 529 g/mol. The summed E-state index contributed by atoms with van der Waals surface area (Å²) in [4.78, 5) is 26.5. The molecule has 3 heterocycles. The van der Waals surface area contributed by atoms with E-state index in [9.17, 15) is 18.0 Å². The number of nitrogens with zero attached hydrogens (tertiary/aromatic N) is 5. The lowest BCUT2D eigenvalue weighted by molar-refractivity contribution is -0.141. The van der Waals surface area contributed by atoms with Gasteiger partial charge in [0.05, 0.1) is 31.1 Å². The number of likely N-dealkylation sites (tertiary alicyclic amines) is 1. The molecule has 0 unspecified atom stereocenters. The molecule has 1 aromatic heterocycles. The highest BCUT2D eigenvalue weighted by atomic mass is 19.4. The number of piperazine rings is 1. The molecule has 0 radical (unpaired) electrons. The van der Waals surface area contributed by atoms with E-state index in [0.29, 0.717) is 31.4 Å². The number of carbonyl (C=O) groups is 1. The second kappa shape index (κ2) is 11.6. The highest BCUT2D eigenvalue weighted by Crippen LogP contribution is 2.30. The molecule has 2 aromatic rings. The quantitative estimate of drug-likeness (QED) is 0.537. The van der Waals surface area contributed by atoms with E-state index in [0.717, 1.165) is 44.7 Å². The van der Waals surface area contributed by atoms with Crippen LogP contribution in [-0.2, 0) is 16.3 Å². The van der Waals surface area contributed by atoms with E-state index in [2.05, 4.69) is 54.8 Å². The molecule has 1 amide bonds. The molecule has 12 heteroatoms. The van der Waals surface area contributed by atoms with Gasteiger partial charge in [-0.1, -0.05) is 30.3 Å². The van der Waals surface area contributed by atoms with Crippen LogP contribution in [0.2, 0.25) is 0 Å². The Morgan fingerprint density at radius 2 is 1.66 bits per heavy atom. The maximum Gasteiger partial charge on any atom is 0.434 e. The first-order chi connectivity index (χ1) is 18.0. The Balaban J connectivity index is 1.22. The van der Waals surface area contributed by atoms with Crippen molar-refractivity contribution in [1.82, 2.24) is 19.8 Å². The molecule has 0 bridgehead atoms. The summed E-state index contributed by atoms with van der Waals surface area (Å²) in [6.07, 6.45) is 0.0207. The maximum atomic E-state index is 12.9. The predicted molar refractivity (Wildman–Crippen MR) is 145 cm³/mol. The standard InChI is InChI=1S/C26H36B2F3N5O2/c1-18-16-34(23-15-32-22(14-33-23)26(29,30)31)17-19(2)36(18)24(37)38-13-10-20-8-11-35(12-9-20)25(27,28)21-6-4-3-5-7-21/h3-7,14-15,18-20H,8-13,16-17,27-28H2,1-2H3/t18-,19+. The first kappa shape index (κ1) is 28.3. The molecule has 38 heavy (non-hydrogen) atoms. The van der Waals surface area contributed by atoms with Gasteiger partial charge in [-0.05, 0) is 63.0 Å². The first-order valence-electron chi connectivity index (χ1n) is 13.4. The molecule has 2 atom stereocenters. The van der Waals surface area contributed by atoms with Gasteiger partial charge in [0.15, 0.2) is 5.69 Å². The van der Waals surface area contributed by atoms with Crippen LogP contribution in [0.1, 0.15) is 44.4 Å². The van der Waals surface area contributed by atoms with Crippen molar-refractivity contribution >= 4 is 27.6 Å². The van der Waals surface area contributed by atoms with Gasteiger partial charge in [-0.2, -0.15) is 13.2 Å². The van der Waals surface area contributed by atoms with Crippen LogP contribution < -0.4 is 4.90 Å². The lowest BCUT2D eigenvalue weighted by atomic mass is 9.56. The Morgan fingerprint density at radius 1 is 1.03 bits per heavy atom. The molecule has 0 spiro atoms. The molecule has 2 aliphatic heterocycles. The molecule has 7 nitrogen and oxygen atoms in total. The number of ether oxygens (including phenoxy) is 1. The highest BCUT2D eigenvalue weighted by Gasteiger charge is 2.37. The normalized spacial score (nSPS) is 21.9. The summed E-state index contributed by atoms with van der Waals surface area (Å²) in [7, 11) is 4.55. The van der Waals surface area contributed by atoms with Gasteiger partial charge in [-0.3, -0.25) is 4.90 Å². The Labute approximate surface area is 224 Å². The van der Waals surface area contributed by atoms with E-state index in [-0.39, 0.29) is 23.5 Å². The summed E-state index contributed by atoms with van der Waals surface area (Å²) < 4.78 is 44.1. The number of anilines is 1. The van der Waals surface area contributed by atoms with Crippen molar-refractivity contribution in [2.24, 2.45) is 5.92 Å². The Morgan fingerprint density at radius 3 is 2.21 bits per heavy atom. The summed E-state index contributed by atoms with van der Waals surface area (Å²) in [5, 5.41) is -0.0148. The summed E-state index contributed by atoms with van der Waals surface area (Å²) in [5.74, 6) is 0.891. The number of amides is 1. The Kier molecular flexibility index (Phi) is 8.59. The molecular weight excluding hydrogens is 493 g/mol. The SMILES string of the molecule is BC(B)(c1ccccc1)N1CCC(CCOC(=O)N2[C@H](C)CN(c3cnc(C(F)(F)F)cn3)C[C@@H]2C)CC1. The number of piperidine rings is 1. The second-order valence-corrected chi connectivity index (χ2v) is 11.0. The Hall–Kier alpha value is -2.75. The van der Waals surface area contributed by atoms with Gasteiger partial charge >= 0.3 is 12.3 Å². The minimum atomic E-state index is -4.52. The average Bonchev–Trinajstić information content (AvgIpc) is 2.88. The van der Waals surface area contributed by atoms with Gasteiger partial charge in [-0.15, -0.1) is 0 Å². The van der Waals surface area contributed by atoms with Crippen LogP contribution in [0.5, 0.6) is 0 Å². The van der Waals surface area contributed by atoms with Crippen LogP contribution in [0.4, 0.5) is 23.8 Å². The van der Waals surface area contributed by atoms with Crippen molar-refractivity contribution in [2.75, 3.05) is 37.7 Å². The second-order valence-electron chi connectivity index (χ2n) is 11.0. The number of carbonyl (C=O) groups excluding carboxylic acids is 1. The molecule has 204 valence electrons. The summed E-state index contributed by atoms with van der Waals surface area (Å²) in [6, 6.07) is 10.2. The fourth-order valence-corrected chi connectivity index (χ4v) is 5.70. The molecule has 0 N–H and O–H groups in total. The third kappa shape index (κ3) is 6.45. The fraction of sp³-hybridized carbons (Fsp3) is 0.577. The van der Waals surface area contributed by atoms with Gasteiger partial charge in [0, 0.05) is 13.1 Å². The summed E-state index contributed by atoms with van der Waals surface area (Å²) in [6.45, 7) is 7.12. The van der Waals surface area contributed by atoms with Crippen molar-refractivity contribution in [1.29, 1.82) is 0 Å². The molecule has 4 rings (SSSR count). The molecular formula is C26H36B2F3N5O2. The number of benzene rings is 1. The number of aromatic nitrogens is 2. The maximum absolute atomic E-state index is 12.9. The number of hydrogen-bond acceptors (Lipinski definition) is 6. The lowest BCUT2D eigenvalue weighted by Crippen LogP contribution is -2.59. The van der Waals surface area contributed by atoms with Crippen LogP contribution in [0, 0.1) is 5.92 Å². The van der Waals surface area contributed by atoms with E-state index in [1.807, 2.05) is 24.8 Å². The van der Waals surface area contributed by atoms with Crippen molar-refractivity contribution < 1.29 is 22.7 Å². The van der Waals surface area contributed by atoms with Gasteiger partial charge < -0.3 is 14.5 Å². The van der Waals surface area contributed by atoms with E-state index in [1.165, 1.54) is 5.56 Å². The predicted octanol–water partition coefficient (Wildman–Crippen LogP) is 2.71. The Bertz CT molecular complexity index is 1050. The van der Waals surface area contributed by atoms with Crippen LogP contribution >= 0.6 is 0 Å². The first-order valence-corrected chi connectivity index (χ1v) is 13.4. The molecule has 0 aliphatic carbocycles. The summed E-state index contributed by atoms with van der Waals surface area (Å²) in [5.41, 5.74) is 0.302. The number of alkyl halides is 3. The van der Waals surface area contributed by atoms with Crippen molar-refractivity contribution in [3.05, 3.63) is 54.0 Å². The van der Waals surface area contributed by atoms with Crippen LogP contribution in [0.15, 0.2) is 42.7 Å². The van der Waals surface area contributed by atoms with Gasteiger partial charge in [0.25, 0.3) is 0 Å². The van der Waals surface area contributed by atoms with Crippen molar-refractivity contribution in [3.63, 3.8) is 0 Å². The minimum absolute atomic E-state index is 0.0148. The molecule has 1 aromatic carbocycles. The van der Waals surface area contributed by atoms with E-state index in [1.54, 1.807) is 4.90 Å². The van der Waals surface area contributed by atoms with Crippen molar-refractivity contribution in [2.45, 2.75) is 56.7 Å². The van der Waals surface area contributed by atoms with Gasteiger partial charge in [-0.25, -0.2) is 14.8 Å². The number of hydrogen-bond donors (Lipinski definition) is 0. The van der Waals surface area contributed by atoms with Crippen LogP contribution in [0.25, 0.3) is 0 Å². The van der Waals surface area contributed by atoms with Crippen molar-refractivity contribution in [3.8, 4) is 0 Å². The highest BCUT2D eigenvalue weighted by molar-refractivity contribution is 6.39.